The number of hydrogen-bond donors (Lipinski definition) is 2. The Morgan fingerprint density at radius 1 is 1.14 bits per heavy atom. The summed E-state index contributed by atoms with van der Waals surface area (Å²) < 4.78 is 13.9. The fraction of sp³-hybridized carbons (Fsp3) is 0.333. The van der Waals surface area contributed by atoms with E-state index in [-0.39, 0.29) is 17.3 Å². The van der Waals surface area contributed by atoms with E-state index in [1.807, 2.05) is 18.2 Å². The molecular weight excluding hydrogens is 263 g/mol. The third-order valence-electron chi connectivity index (χ3n) is 4.84. The molecule has 21 heavy (non-hydrogen) atoms. The molecule has 2 aromatic rings. The summed E-state index contributed by atoms with van der Waals surface area (Å²) in [4.78, 5) is 0. The highest BCUT2D eigenvalue weighted by molar-refractivity contribution is 5.36. The van der Waals surface area contributed by atoms with Gasteiger partial charge in [0.05, 0.1) is 6.04 Å². The van der Waals surface area contributed by atoms with Gasteiger partial charge in [-0.3, -0.25) is 11.3 Å². The Morgan fingerprint density at radius 2 is 1.86 bits per heavy atom. The average Bonchev–Trinajstić information content (AvgIpc) is 2.47. The van der Waals surface area contributed by atoms with Crippen LogP contribution in [0.2, 0.25) is 0 Å². The first kappa shape index (κ1) is 14.2. The minimum absolute atomic E-state index is 0.0301. The van der Waals surface area contributed by atoms with Gasteiger partial charge in [-0.1, -0.05) is 48.9 Å². The Balaban J connectivity index is 2.03. The molecule has 0 bridgehead atoms. The molecule has 1 aliphatic rings. The molecule has 1 saturated carbocycles. The molecule has 0 amide bonds. The van der Waals surface area contributed by atoms with Gasteiger partial charge in [-0.15, -0.1) is 0 Å². The molecule has 3 heteroatoms. The van der Waals surface area contributed by atoms with Gasteiger partial charge in [0.15, 0.2) is 0 Å². The summed E-state index contributed by atoms with van der Waals surface area (Å²) in [6.45, 7) is 1.78. The Labute approximate surface area is 125 Å². The number of halogens is 1. The molecule has 110 valence electrons. The fourth-order valence-electron chi connectivity index (χ4n) is 3.44. The van der Waals surface area contributed by atoms with E-state index >= 15 is 0 Å². The average molecular weight is 284 g/mol. The quantitative estimate of drug-likeness (QED) is 0.662. The second-order valence-corrected chi connectivity index (χ2v) is 5.98. The molecule has 0 aromatic heterocycles. The van der Waals surface area contributed by atoms with Crippen molar-refractivity contribution >= 4 is 0 Å². The summed E-state index contributed by atoms with van der Waals surface area (Å²) in [7, 11) is 0. The van der Waals surface area contributed by atoms with Crippen molar-refractivity contribution in [2.75, 3.05) is 0 Å². The van der Waals surface area contributed by atoms with Gasteiger partial charge in [-0.2, -0.15) is 0 Å². The number of benzene rings is 2. The maximum absolute atomic E-state index is 13.9. The van der Waals surface area contributed by atoms with Crippen LogP contribution in [-0.4, -0.2) is 0 Å². The zero-order chi connectivity index (χ0) is 14.9. The summed E-state index contributed by atoms with van der Waals surface area (Å²) in [6.07, 6.45) is 3.32. The second-order valence-electron chi connectivity index (χ2n) is 5.98. The number of hydrogen-bond acceptors (Lipinski definition) is 2. The Morgan fingerprint density at radius 3 is 2.38 bits per heavy atom. The van der Waals surface area contributed by atoms with Crippen LogP contribution in [0, 0.1) is 12.7 Å². The summed E-state index contributed by atoms with van der Waals surface area (Å²) in [5.41, 5.74) is 5.77. The normalized spacial score (nSPS) is 18.0. The fourth-order valence-corrected chi connectivity index (χ4v) is 3.44. The van der Waals surface area contributed by atoms with Crippen LogP contribution in [0.1, 0.15) is 42.0 Å². The first-order chi connectivity index (χ1) is 10.2. The number of hydrazine groups is 1. The van der Waals surface area contributed by atoms with Gasteiger partial charge in [0, 0.05) is 5.41 Å². The molecule has 2 aromatic carbocycles. The van der Waals surface area contributed by atoms with E-state index in [2.05, 4.69) is 29.7 Å². The van der Waals surface area contributed by atoms with Gasteiger partial charge in [-0.05, 0) is 42.5 Å². The minimum atomic E-state index is -0.171. The second kappa shape index (κ2) is 5.58. The number of nitrogens with two attached hydrogens (primary N) is 1. The van der Waals surface area contributed by atoms with Gasteiger partial charge in [0.25, 0.3) is 0 Å². The molecule has 0 saturated heterocycles. The van der Waals surface area contributed by atoms with Gasteiger partial charge in [-0.25, -0.2) is 4.39 Å². The third kappa shape index (κ3) is 2.37. The molecule has 0 heterocycles. The smallest absolute Gasteiger partial charge is 0.126 e. The highest BCUT2D eigenvalue weighted by atomic mass is 19.1. The Bertz CT molecular complexity index is 620. The SMILES string of the molecule is Cc1ccc(C(NN)C2(c3ccccc3)CCC2)cc1F. The molecule has 1 atom stereocenters. The highest BCUT2D eigenvalue weighted by Gasteiger charge is 2.45. The van der Waals surface area contributed by atoms with E-state index in [4.69, 9.17) is 5.84 Å². The molecule has 1 aliphatic carbocycles. The Kier molecular flexibility index (Phi) is 3.79. The number of aryl methyl sites for hydroxylation is 1. The van der Waals surface area contributed by atoms with Crippen molar-refractivity contribution in [3.63, 3.8) is 0 Å². The van der Waals surface area contributed by atoms with E-state index in [0.717, 1.165) is 18.4 Å². The van der Waals surface area contributed by atoms with Crippen LogP contribution in [0.3, 0.4) is 0 Å². The summed E-state index contributed by atoms with van der Waals surface area (Å²) in [6, 6.07) is 15.8. The van der Waals surface area contributed by atoms with Crippen LogP contribution < -0.4 is 11.3 Å². The van der Waals surface area contributed by atoms with Gasteiger partial charge in [0.1, 0.15) is 5.82 Å². The van der Waals surface area contributed by atoms with Crippen LogP contribution in [0.25, 0.3) is 0 Å². The van der Waals surface area contributed by atoms with Crippen molar-refractivity contribution in [3.05, 3.63) is 71.0 Å². The lowest BCUT2D eigenvalue weighted by Crippen LogP contribution is -2.48. The summed E-state index contributed by atoms with van der Waals surface area (Å²) in [5, 5.41) is 0. The maximum atomic E-state index is 13.9. The van der Waals surface area contributed by atoms with E-state index in [1.165, 1.54) is 12.0 Å². The monoisotopic (exact) mass is 284 g/mol. The van der Waals surface area contributed by atoms with Gasteiger partial charge in [0.2, 0.25) is 0 Å². The molecule has 1 unspecified atom stereocenters. The van der Waals surface area contributed by atoms with Crippen LogP contribution in [-0.2, 0) is 5.41 Å². The lowest BCUT2D eigenvalue weighted by Gasteiger charge is -2.48. The molecule has 3 rings (SSSR count). The highest BCUT2D eigenvalue weighted by Crippen LogP contribution is 2.51. The van der Waals surface area contributed by atoms with E-state index in [9.17, 15) is 4.39 Å². The summed E-state index contributed by atoms with van der Waals surface area (Å²) >= 11 is 0. The topological polar surface area (TPSA) is 38.0 Å². The van der Waals surface area contributed by atoms with Crippen LogP contribution in [0.15, 0.2) is 48.5 Å². The third-order valence-corrected chi connectivity index (χ3v) is 4.84. The van der Waals surface area contributed by atoms with Crippen molar-refractivity contribution in [2.45, 2.75) is 37.6 Å². The molecule has 0 aliphatic heterocycles. The lowest BCUT2D eigenvalue weighted by atomic mass is 9.59. The molecule has 0 spiro atoms. The van der Waals surface area contributed by atoms with Crippen LogP contribution in [0.5, 0.6) is 0 Å². The van der Waals surface area contributed by atoms with Crippen molar-refractivity contribution in [2.24, 2.45) is 5.84 Å². The van der Waals surface area contributed by atoms with Crippen LogP contribution in [0.4, 0.5) is 4.39 Å². The first-order valence-electron chi connectivity index (χ1n) is 7.45. The lowest BCUT2D eigenvalue weighted by molar-refractivity contribution is 0.170. The van der Waals surface area contributed by atoms with Crippen molar-refractivity contribution in [1.29, 1.82) is 0 Å². The van der Waals surface area contributed by atoms with Crippen LogP contribution >= 0.6 is 0 Å². The van der Waals surface area contributed by atoms with Crippen molar-refractivity contribution < 1.29 is 4.39 Å². The zero-order valence-electron chi connectivity index (χ0n) is 12.3. The van der Waals surface area contributed by atoms with Crippen molar-refractivity contribution in [3.8, 4) is 0 Å². The zero-order valence-corrected chi connectivity index (χ0v) is 12.3. The summed E-state index contributed by atoms with van der Waals surface area (Å²) in [5.74, 6) is 5.68. The van der Waals surface area contributed by atoms with Crippen molar-refractivity contribution in [1.82, 2.24) is 5.43 Å². The maximum Gasteiger partial charge on any atom is 0.126 e. The van der Waals surface area contributed by atoms with E-state index in [1.54, 1.807) is 13.0 Å². The molecule has 2 nitrogen and oxygen atoms in total. The molecule has 1 fully saturated rings. The number of rotatable bonds is 4. The van der Waals surface area contributed by atoms with Gasteiger partial charge < -0.3 is 0 Å². The van der Waals surface area contributed by atoms with E-state index < -0.39 is 0 Å². The number of nitrogens with one attached hydrogen (secondary N) is 1. The van der Waals surface area contributed by atoms with Gasteiger partial charge >= 0.3 is 0 Å². The molecule has 3 N–H and O–H groups in total. The minimum Gasteiger partial charge on any atom is -0.271 e. The predicted octanol–water partition coefficient (Wildman–Crippen LogP) is 3.76. The Hall–Kier alpha value is -1.71. The standard InChI is InChI=1S/C18H21FN2/c1-13-8-9-14(12-16(13)19)17(21-20)18(10-5-11-18)15-6-3-2-4-7-15/h2-4,6-9,12,17,21H,5,10-11,20H2,1H3. The molecule has 0 radical (unpaired) electrons. The first-order valence-corrected chi connectivity index (χ1v) is 7.45. The largest absolute Gasteiger partial charge is 0.271 e. The van der Waals surface area contributed by atoms with E-state index in [0.29, 0.717) is 5.56 Å². The molecular formula is C18H21FN2. The predicted molar refractivity (Wildman–Crippen MR) is 83.2 cm³/mol.